The number of nitrogen functional groups attached to an aromatic ring is 1. The van der Waals surface area contributed by atoms with Gasteiger partial charge in [-0.1, -0.05) is 25.2 Å². The molecular formula is C11H12N2O2S. The normalized spacial score (nSPS) is 10.9. The van der Waals surface area contributed by atoms with Gasteiger partial charge in [0.05, 0.1) is 6.26 Å². The molecule has 16 heavy (non-hydrogen) atoms. The predicted molar refractivity (Wildman–Crippen MR) is 63.4 cm³/mol. The van der Waals surface area contributed by atoms with E-state index in [1.54, 1.807) is 18.4 Å². The molecule has 0 bridgehead atoms. The van der Waals surface area contributed by atoms with Crippen molar-refractivity contribution in [3.05, 3.63) is 23.3 Å². The van der Waals surface area contributed by atoms with Gasteiger partial charge < -0.3 is 10.2 Å². The Bertz CT molecular complexity index is 500. The highest BCUT2D eigenvalue weighted by Crippen LogP contribution is 2.31. The summed E-state index contributed by atoms with van der Waals surface area (Å²) in [6.07, 6.45) is 1.55. The second kappa shape index (κ2) is 4.09. The molecule has 2 N–H and O–H groups in total. The number of Topliss-reactive ketones (excluding diaryl/α,β-unsaturated/α-hetero) is 1. The molecule has 0 aliphatic heterocycles. The van der Waals surface area contributed by atoms with Gasteiger partial charge in [0.2, 0.25) is 0 Å². The van der Waals surface area contributed by atoms with E-state index in [0.29, 0.717) is 21.5 Å². The van der Waals surface area contributed by atoms with Crippen molar-refractivity contribution in [2.45, 2.75) is 13.8 Å². The summed E-state index contributed by atoms with van der Waals surface area (Å²) in [5.74, 6) is 0.547. The number of anilines is 1. The van der Waals surface area contributed by atoms with Gasteiger partial charge in [0.1, 0.15) is 10.6 Å². The van der Waals surface area contributed by atoms with E-state index < -0.39 is 0 Å². The Morgan fingerprint density at radius 3 is 2.88 bits per heavy atom. The van der Waals surface area contributed by atoms with Crippen molar-refractivity contribution in [1.29, 1.82) is 0 Å². The zero-order valence-corrected chi connectivity index (χ0v) is 9.88. The molecule has 0 atom stereocenters. The molecule has 5 heteroatoms. The molecule has 4 nitrogen and oxygen atoms in total. The highest BCUT2D eigenvalue weighted by Gasteiger charge is 2.22. The Balaban J connectivity index is 2.50. The zero-order valence-electron chi connectivity index (χ0n) is 9.06. The Kier molecular flexibility index (Phi) is 2.78. The minimum atomic E-state index is -0.0754. The Morgan fingerprint density at radius 2 is 2.31 bits per heavy atom. The van der Waals surface area contributed by atoms with Crippen LogP contribution >= 0.6 is 11.3 Å². The van der Waals surface area contributed by atoms with E-state index >= 15 is 0 Å². The molecule has 0 aliphatic rings. The van der Waals surface area contributed by atoms with E-state index in [-0.39, 0.29) is 11.7 Å². The second-order valence-corrected chi connectivity index (χ2v) is 4.76. The van der Waals surface area contributed by atoms with Crippen LogP contribution in [0.5, 0.6) is 0 Å². The lowest BCUT2D eigenvalue weighted by Gasteiger charge is -2.01. The first-order valence-electron chi connectivity index (χ1n) is 4.94. The van der Waals surface area contributed by atoms with Crippen LogP contribution in [0.4, 0.5) is 5.13 Å². The molecule has 2 rings (SSSR count). The number of ketones is 1. The van der Waals surface area contributed by atoms with E-state index in [9.17, 15) is 4.79 Å². The van der Waals surface area contributed by atoms with Crippen LogP contribution in [-0.2, 0) is 0 Å². The highest BCUT2D eigenvalue weighted by molar-refractivity contribution is 7.17. The van der Waals surface area contributed by atoms with Crippen molar-refractivity contribution in [3.63, 3.8) is 0 Å². The number of nitrogens with two attached hydrogens (primary N) is 1. The summed E-state index contributed by atoms with van der Waals surface area (Å²) in [7, 11) is 0. The maximum Gasteiger partial charge on any atom is 0.181 e. The SMILES string of the molecule is CC(C)C(=O)c1sc(N)nc1-c1ccco1. The average Bonchev–Trinajstić information content (AvgIpc) is 2.84. The number of carbonyl (C=O) groups excluding carboxylic acids is 1. The molecule has 0 spiro atoms. The number of thiazole rings is 1. The first-order valence-corrected chi connectivity index (χ1v) is 5.75. The molecule has 0 unspecified atom stereocenters. The van der Waals surface area contributed by atoms with Crippen molar-refractivity contribution >= 4 is 22.3 Å². The lowest BCUT2D eigenvalue weighted by Crippen LogP contribution is -2.06. The summed E-state index contributed by atoms with van der Waals surface area (Å²) in [5, 5.41) is 0.385. The Hall–Kier alpha value is -1.62. The molecule has 0 fully saturated rings. The van der Waals surface area contributed by atoms with Crippen LogP contribution in [0.1, 0.15) is 23.5 Å². The third kappa shape index (κ3) is 1.86. The minimum Gasteiger partial charge on any atom is -0.463 e. The monoisotopic (exact) mass is 236 g/mol. The number of furan rings is 1. The van der Waals surface area contributed by atoms with Gasteiger partial charge >= 0.3 is 0 Å². The van der Waals surface area contributed by atoms with Gasteiger partial charge in [-0.25, -0.2) is 4.98 Å². The van der Waals surface area contributed by atoms with Gasteiger partial charge in [0.25, 0.3) is 0 Å². The number of carbonyl (C=O) groups is 1. The molecular weight excluding hydrogens is 224 g/mol. The third-order valence-electron chi connectivity index (χ3n) is 2.15. The zero-order chi connectivity index (χ0) is 11.7. The van der Waals surface area contributed by atoms with Crippen LogP contribution in [-0.4, -0.2) is 10.8 Å². The summed E-state index contributed by atoms with van der Waals surface area (Å²) < 4.78 is 5.24. The number of hydrogen-bond donors (Lipinski definition) is 1. The fraction of sp³-hybridized carbons (Fsp3) is 0.273. The predicted octanol–water partition coefficient (Wildman–Crippen LogP) is 2.82. The van der Waals surface area contributed by atoms with Crippen LogP contribution in [0.25, 0.3) is 11.5 Å². The number of aromatic nitrogens is 1. The lowest BCUT2D eigenvalue weighted by molar-refractivity contribution is 0.0944. The molecule has 84 valence electrons. The van der Waals surface area contributed by atoms with E-state index in [1.165, 1.54) is 11.3 Å². The maximum atomic E-state index is 11.9. The van der Waals surface area contributed by atoms with Gasteiger partial charge in [-0.15, -0.1) is 0 Å². The standard InChI is InChI=1S/C11H12N2O2S/c1-6(2)9(14)10-8(13-11(12)16-10)7-4-3-5-15-7/h3-6H,1-2H3,(H2,12,13). The number of nitrogens with zero attached hydrogens (tertiary/aromatic N) is 1. The fourth-order valence-corrected chi connectivity index (χ4v) is 2.27. The van der Waals surface area contributed by atoms with E-state index in [2.05, 4.69) is 4.98 Å². The van der Waals surface area contributed by atoms with Gasteiger partial charge in [0.15, 0.2) is 16.7 Å². The van der Waals surface area contributed by atoms with Crippen molar-refractivity contribution in [2.75, 3.05) is 5.73 Å². The van der Waals surface area contributed by atoms with Crippen LogP contribution in [0.2, 0.25) is 0 Å². The van der Waals surface area contributed by atoms with Crippen LogP contribution in [0.15, 0.2) is 22.8 Å². The summed E-state index contributed by atoms with van der Waals surface area (Å²) in [5.41, 5.74) is 6.18. The van der Waals surface area contributed by atoms with Crippen molar-refractivity contribution in [2.24, 2.45) is 5.92 Å². The third-order valence-corrected chi connectivity index (χ3v) is 3.05. The number of rotatable bonds is 3. The van der Waals surface area contributed by atoms with E-state index in [0.717, 1.165) is 0 Å². The summed E-state index contributed by atoms with van der Waals surface area (Å²) in [6.45, 7) is 3.70. The number of hydrogen-bond acceptors (Lipinski definition) is 5. The van der Waals surface area contributed by atoms with Crippen LogP contribution < -0.4 is 5.73 Å². The Labute approximate surface area is 97.1 Å². The largest absolute Gasteiger partial charge is 0.463 e. The first-order chi connectivity index (χ1) is 7.59. The lowest BCUT2D eigenvalue weighted by atomic mass is 10.1. The van der Waals surface area contributed by atoms with E-state index in [1.807, 2.05) is 13.8 Å². The first kappa shape index (κ1) is 10.9. The fourth-order valence-electron chi connectivity index (χ4n) is 1.35. The molecule has 0 radical (unpaired) electrons. The molecule has 0 aliphatic carbocycles. The molecule has 0 aromatic carbocycles. The topological polar surface area (TPSA) is 69.1 Å². The van der Waals surface area contributed by atoms with E-state index in [4.69, 9.17) is 10.2 Å². The van der Waals surface area contributed by atoms with Crippen LogP contribution in [0, 0.1) is 5.92 Å². The average molecular weight is 236 g/mol. The summed E-state index contributed by atoms with van der Waals surface area (Å²) >= 11 is 1.21. The maximum absolute atomic E-state index is 11.9. The van der Waals surface area contributed by atoms with Gasteiger partial charge in [-0.3, -0.25) is 4.79 Å². The smallest absolute Gasteiger partial charge is 0.181 e. The van der Waals surface area contributed by atoms with Crippen molar-refractivity contribution < 1.29 is 9.21 Å². The molecule has 2 aromatic heterocycles. The van der Waals surface area contributed by atoms with Crippen molar-refractivity contribution in [3.8, 4) is 11.5 Å². The van der Waals surface area contributed by atoms with Gasteiger partial charge in [0, 0.05) is 5.92 Å². The Morgan fingerprint density at radius 1 is 1.56 bits per heavy atom. The molecule has 0 saturated carbocycles. The van der Waals surface area contributed by atoms with Gasteiger partial charge in [-0.2, -0.15) is 0 Å². The quantitative estimate of drug-likeness (QED) is 0.832. The van der Waals surface area contributed by atoms with Crippen molar-refractivity contribution in [1.82, 2.24) is 4.98 Å². The summed E-state index contributed by atoms with van der Waals surface area (Å²) in [6, 6.07) is 3.53. The minimum absolute atomic E-state index is 0.0422. The molecule has 2 heterocycles. The highest BCUT2D eigenvalue weighted by atomic mass is 32.1. The molecule has 0 amide bonds. The van der Waals surface area contributed by atoms with Gasteiger partial charge in [-0.05, 0) is 12.1 Å². The molecule has 2 aromatic rings. The van der Waals surface area contributed by atoms with Crippen LogP contribution in [0.3, 0.4) is 0 Å². The molecule has 0 saturated heterocycles. The summed E-state index contributed by atoms with van der Waals surface area (Å²) in [4.78, 5) is 16.7. The second-order valence-electron chi connectivity index (χ2n) is 3.73.